The molecule has 0 saturated heterocycles. The summed E-state index contributed by atoms with van der Waals surface area (Å²) in [6.07, 6.45) is -1.19. The van der Waals surface area contributed by atoms with Crippen LogP contribution in [0.15, 0.2) is 36.4 Å². The predicted molar refractivity (Wildman–Crippen MR) is 87.3 cm³/mol. The van der Waals surface area contributed by atoms with Gasteiger partial charge in [0.15, 0.2) is 17.6 Å². The number of anilines is 1. The van der Waals surface area contributed by atoms with E-state index in [1.807, 2.05) is 0 Å². The molecule has 136 valence electrons. The molecule has 0 aliphatic carbocycles. The van der Waals surface area contributed by atoms with Gasteiger partial charge in [0.05, 0.1) is 5.56 Å². The number of carbonyl (C=O) groups is 2. The zero-order chi connectivity index (χ0) is 18.7. The molecule has 2 aromatic rings. The molecule has 2 aromatic carbocycles. The maximum absolute atomic E-state index is 13.6. The van der Waals surface area contributed by atoms with E-state index in [4.69, 9.17) is 14.2 Å². The van der Waals surface area contributed by atoms with E-state index in [2.05, 4.69) is 5.32 Å². The number of fused-ring (bicyclic) bond motifs is 1. The molecule has 8 heteroatoms. The van der Waals surface area contributed by atoms with E-state index in [-0.39, 0.29) is 0 Å². The van der Waals surface area contributed by atoms with Crippen LogP contribution in [-0.4, -0.2) is 31.2 Å². The smallest absolute Gasteiger partial charge is 0.341 e. The minimum atomic E-state index is -1.19. The molecule has 1 amide bonds. The minimum Gasteiger partial charge on any atom is -0.486 e. The van der Waals surface area contributed by atoms with Crippen LogP contribution in [-0.2, 0) is 9.53 Å². The Hall–Kier alpha value is -3.16. The summed E-state index contributed by atoms with van der Waals surface area (Å²) in [4.78, 5) is 24.1. The van der Waals surface area contributed by atoms with E-state index >= 15 is 0 Å². The lowest BCUT2D eigenvalue weighted by Gasteiger charge is -2.19. The molecule has 0 spiro atoms. The number of benzene rings is 2. The number of ether oxygens (including phenoxy) is 3. The Morgan fingerprint density at radius 2 is 1.81 bits per heavy atom. The number of amides is 1. The quantitative estimate of drug-likeness (QED) is 0.846. The van der Waals surface area contributed by atoms with Crippen LogP contribution < -0.4 is 14.8 Å². The van der Waals surface area contributed by atoms with Gasteiger partial charge in [-0.2, -0.15) is 0 Å². The zero-order valence-corrected chi connectivity index (χ0v) is 13.8. The van der Waals surface area contributed by atoms with Gasteiger partial charge in [0.2, 0.25) is 0 Å². The summed E-state index contributed by atoms with van der Waals surface area (Å²) in [5.74, 6) is -2.49. The van der Waals surface area contributed by atoms with E-state index in [1.54, 1.807) is 18.2 Å². The lowest BCUT2D eigenvalue weighted by Crippen LogP contribution is -2.30. The normalized spacial score (nSPS) is 13.7. The Morgan fingerprint density at radius 3 is 2.54 bits per heavy atom. The lowest BCUT2D eigenvalue weighted by molar-refractivity contribution is -0.123. The molecule has 0 aromatic heterocycles. The Labute approximate surface area is 147 Å². The maximum Gasteiger partial charge on any atom is 0.341 e. The van der Waals surface area contributed by atoms with Crippen LogP contribution in [0.4, 0.5) is 14.5 Å². The van der Waals surface area contributed by atoms with Gasteiger partial charge in [-0.3, -0.25) is 4.79 Å². The third-order valence-corrected chi connectivity index (χ3v) is 3.61. The highest BCUT2D eigenvalue weighted by Gasteiger charge is 2.22. The van der Waals surface area contributed by atoms with Crippen molar-refractivity contribution < 1.29 is 32.6 Å². The Balaban J connectivity index is 1.63. The molecule has 1 aliphatic rings. The van der Waals surface area contributed by atoms with Crippen LogP contribution in [0.1, 0.15) is 17.3 Å². The van der Waals surface area contributed by atoms with Gasteiger partial charge >= 0.3 is 5.97 Å². The van der Waals surface area contributed by atoms with Crippen molar-refractivity contribution >= 4 is 17.6 Å². The molecule has 26 heavy (non-hydrogen) atoms. The molecule has 0 unspecified atom stereocenters. The molecule has 1 N–H and O–H groups in total. The van der Waals surface area contributed by atoms with Crippen LogP contribution in [0, 0.1) is 11.6 Å². The van der Waals surface area contributed by atoms with E-state index in [0.29, 0.717) is 36.5 Å². The Kier molecular flexibility index (Phi) is 5.01. The van der Waals surface area contributed by atoms with Gasteiger partial charge in [0.25, 0.3) is 5.91 Å². The van der Waals surface area contributed by atoms with Crippen molar-refractivity contribution in [2.45, 2.75) is 13.0 Å². The summed E-state index contributed by atoms with van der Waals surface area (Å²) in [5.41, 5.74) is -0.0273. The average Bonchev–Trinajstić information content (AvgIpc) is 2.61. The van der Waals surface area contributed by atoms with Crippen LogP contribution >= 0.6 is 0 Å². The SMILES string of the molecule is C[C@@H](OC(=O)c1ccc(F)cc1F)C(=O)Nc1ccc2c(c1)OCCO2. The van der Waals surface area contributed by atoms with Gasteiger partial charge in [-0.25, -0.2) is 13.6 Å². The van der Waals surface area contributed by atoms with Gasteiger partial charge in [0.1, 0.15) is 24.8 Å². The predicted octanol–water partition coefficient (Wildman–Crippen LogP) is 2.92. The van der Waals surface area contributed by atoms with E-state index in [0.717, 1.165) is 12.1 Å². The van der Waals surface area contributed by atoms with Crippen LogP contribution in [0.3, 0.4) is 0 Å². The third kappa shape index (κ3) is 3.90. The fraction of sp³-hybridized carbons (Fsp3) is 0.222. The summed E-state index contributed by atoms with van der Waals surface area (Å²) in [6.45, 7) is 2.19. The number of nitrogens with one attached hydrogen (secondary N) is 1. The highest BCUT2D eigenvalue weighted by atomic mass is 19.1. The standard InChI is InChI=1S/C18H15F2NO5/c1-10(26-18(23)13-4-2-11(19)8-14(13)20)17(22)21-12-3-5-15-16(9-12)25-7-6-24-15/h2-5,8-10H,6-7H2,1H3,(H,21,22)/t10-/m1/s1. The topological polar surface area (TPSA) is 73.9 Å². The van der Waals surface area contributed by atoms with Gasteiger partial charge in [-0.15, -0.1) is 0 Å². The van der Waals surface area contributed by atoms with Crippen molar-refractivity contribution in [3.63, 3.8) is 0 Å². The van der Waals surface area contributed by atoms with Crippen molar-refractivity contribution in [1.82, 2.24) is 0 Å². The van der Waals surface area contributed by atoms with Crippen molar-refractivity contribution in [3.05, 3.63) is 53.6 Å². The van der Waals surface area contributed by atoms with Crippen LogP contribution in [0.5, 0.6) is 11.5 Å². The largest absolute Gasteiger partial charge is 0.486 e. The second-order valence-electron chi connectivity index (χ2n) is 5.52. The number of rotatable bonds is 4. The molecule has 0 fully saturated rings. The summed E-state index contributed by atoms with van der Waals surface area (Å²) >= 11 is 0. The molecular weight excluding hydrogens is 348 g/mol. The van der Waals surface area contributed by atoms with Gasteiger partial charge in [0, 0.05) is 17.8 Å². The fourth-order valence-corrected chi connectivity index (χ4v) is 2.30. The number of hydrogen-bond donors (Lipinski definition) is 1. The highest BCUT2D eigenvalue weighted by Crippen LogP contribution is 2.32. The summed E-state index contributed by atoms with van der Waals surface area (Å²) in [5, 5.41) is 2.57. The molecule has 1 atom stereocenters. The zero-order valence-electron chi connectivity index (χ0n) is 13.8. The fourth-order valence-electron chi connectivity index (χ4n) is 2.30. The third-order valence-electron chi connectivity index (χ3n) is 3.61. The molecule has 0 saturated carbocycles. The molecule has 0 radical (unpaired) electrons. The average molecular weight is 363 g/mol. The molecule has 1 heterocycles. The first-order valence-electron chi connectivity index (χ1n) is 7.80. The highest BCUT2D eigenvalue weighted by molar-refractivity contribution is 5.97. The maximum atomic E-state index is 13.6. The molecule has 6 nitrogen and oxygen atoms in total. The second-order valence-corrected chi connectivity index (χ2v) is 5.52. The van der Waals surface area contributed by atoms with Crippen molar-refractivity contribution in [3.8, 4) is 11.5 Å². The van der Waals surface area contributed by atoms with E-state index in [1.165, 1.54) is 6.92 Å². The van der Waals surface area contributed by atoms with Gasteiger partial charge < -0.3 is 19.5 Å². The molecule has 1 aliphatic heterocycles. The van der Waals surface area contributed by atoms with Gasteiger partial charge in [-0.1, -0.05) is 0 Å². The second kappa shape index (κ2) is 7.38. The Morgan fingerprint density at radius 1 is 1.08 bits per heavy atom. The minimum absolute atomic E-state index is 0.404. The van der Waals surface area contributed by atoms with Crippen molar-refractivity contribution in [1.29, 1.82) is 0 Å². The number of carbonyl (C=O) groups excluding carboxylic acids is 2. The number of hydrogen-bond acceptors (Lipinski definition) is 5. The van der Waals surface area contributed by atoms with E-state index < -0.39 is 35.2 Å². The number of esters is 1. The number of halogens is 2. The van der Waals surface area contributed by atoms with Crippen molar-refractivity contribution in [2.75, 3.05) is 18.5 Å². The molecular formula is C18H15F2NO5. The lowest BCUT2D eigenvalue weighted by atomic mass is 10.2. The summed E-state index contributed by atoms with van der Waals surface area (Å²) < 4.78 is 42.2. The summed E-state index contributed by atoms with van der Waals surface area (Å²) in [7, 11) is 0. The van der Waals surface area contributed by atoms with Crippen LogP contribution in [0.2, 0.25) is 0 Å². The van der Waals surface area contributed by atoms with Crippen LogP contribution in [0.25, 0.3) is 0 Å². The van der Waals surface area contributed by atoms with E-state index in [9.17, 15) is 18.4 Å². The Bertz CT molecular complexity index is 855. The first-order chi connectivity index (χ1) is 12.4. The molecule has 3 rings (SSSR count). The summed E-state index contributed by atoms with van der Waals surface area (Å²) in [6, 6.07) is 7.30. The first kappa shape index (κ1) is 17.7. The first-order valence-corrected chi connectivity index (χ1v) is 7.80. The molecule has 0 bridgehead atoms. The monoisotopic (exact) mass is 363 g/mol. The van der Waals surface area contributed by atoms with Gasteiger partial charge in [-0.05, 0) is 31.2 Å². The van der Waals surface area contributed by atoms with Crippen molar-refractivity contribution in [2.24, 2.45) is 0 Å².